The van der Waals surface area contributed by atoms with Gasteiger partial charge in [-0.1, -0.05) is 13.0 Å². The maximum atomic E-state index is 12.2. The number of rotatable bonds is 12. The van der Waals surface area contributed by atoms with Crippen LogP contribution in [-0.2, 0) is 14.3 Å². The lowest BCUT2D eigenvalue weighted by molar-refractivity contribution is -0.116. The molecule has 0 heterocycles. The fourth-order valence-electron chi connectivity index (χ4n) is 2.77. The number of amides is 3. The van der Waals surface area contributed by atoms with Gasteiger partial charge in [0.25, 0.3) is 5.91 Å². The van der Waals surface area contributed by atoms with Crippen LogP contribution in [0.5, 0.6) is 0 Å². The van der Waals surface area contributed by atoms with Crippen LogP contribution in [0.4, 0.5) is 17.1 Å². The lowest BCUT2D eigenvalue weighted by atomic mass is 10.2. The Balaban J connectivity index is 1.80. The van der Waals surface area contributed by atoms with Gasteiger partial charge in [-0.25, -0.2) is 0 Å². The lowest BCUT2D eigenvalue weighted by Gasteiger charge is -2.10. The molecule has 0 unspecified atom stereocenters. The number of benzene rings is 2. The molecular formula is C23H30N4O4. The van der Waals surface area contributed by atoms with E-state index >= 15 is 0 Å². The summed E-state index contributed by atoms with van der Waals surface area (Å²) in [6.07, 6.45) is 2.00. The molecule has 4 N–H and O–H groups in total. The molecule has 8 nitrogen and oxygen atoms in total. The topological polar surface area (TPSA) is 109 Å². The van der Waals surface area contributed by atoms with E-state index in [0.717, 1.165) is 12.8 Å². The summed E-state index contributed by atoms with van der Waals surface area (Å²) >= 11 is 0. The summed E-state index contributed by atoms with van der Waals surface area (Å²) in [5.41, 5.74) is 2.51. The molecule has 31 heavy (non-hydrogen) atoms. The molecule has 0 radical (unpaired) electrons. The summed E-state index contributed by atoms with van der Waals surface area (Å²) in [4.78, 5) is 36.0. The Morgan fingerprint density at radius 1 is 0.903 bits per heavy atom. The molecule has 2 aromatic carbocycles. The van der Waals surface area contributed by atoms with Gasteiger partial charge >= 0.3 is 0 Å². The van der Waals surface area contributed by atoms with E-state index < -0.39 is 0 Å². The lowest BCUT2D eigenvalue weighted by Crippen LogP contribution is -2.25. The Kier molecular flexibility index (Phi) is 10.0. The normalized spacial score (nSPS) is 10.3. The quantitative estimate of drug-likeness (QED) is 0.390. The van der Waals surface area contributed by atoms with E-state index in [0.29, 0.717) is 42.2 Å². The zero-order chi connectivity index (χ0) is 22.5. The van der Waals surface area contributed by atoms with Crippen molar-refractivity contribution >= 4 is 34.8 Å². The van der Waals surface area contributed by atoms with Crippen molar-refractivity contribution in [3.63, 3.8) is 0 Å². The molecule has 2 rings (SSSR count). The predicted octanol–water partition coefficient (Wildman–Crippen LogP) is 3.24. The van der Waals surface area contributed by atoms with Gasteiger partial charge < -0.3 is 26.0 Å². The Labute approximate surface area is 182 Å². The largest absolute Gasteiger partial charge is 0.385 e. The number of carbonyl (C=O) groups is 3. The second-order valence-corrected chi connectivity index (χ2v) is 6.96. The number of anilines is 3. The first-order valence-corrected chi connectivity index (χ1v) is 10.3. The summed E-state index contributed by atoms with van der Waals surface area (Å²) in [5.74, 6) is -0.429. The minimum Gasteiger partial charge on any atom is -0.385 e. The maximum Gasteiger partial charge on any atom is 0.251 e. The Bertz CT molecular complexity index is 868. The van der Waals surface area contributed by atoms with Gasteiger partial charge in [-0.3, -0.25) is 14.4 Å². The molecule has 0 aromatic heterocycles. The van der Waals surface area contributed by atoms with Gasteiger partial charge in [-0.05, 0) is 55.3 Å². The maximum absolute atomic E-state index is 12.2. The van der Waals surface area contributed by atoms with Gasteiger partial charge in [-0.2, -0.15) is 0 Å². The van der Waals surface area contributed by atoms with Crippen molar-refractivity contribution in [2.45, 2.75) is 26.2 Å². The van der Waals surface area contributed by atoms with E-state index in [4.69, 9.17) is 4.74 Å². The molecule has 3 amide bonds. The molecule has 0 aliphatic rings. The Morgan fingerprint density at radius 2 is 1.58 bits per heavy atom. The molecule has 0 bridgehead atoms. The molecule has 166 valence electrons. The monoisotopic (exact) mass is 426 g/mol. The molecule has 0 atom stereocenters. The van der Waals surface area contributed by atoms with Crippen molar-refractivity contribution in [1.29, 1.82) is 0 Å². The third-order valence-electron chi connectivity index (χ3n) is 4.32. The smallest absolute Gasteiger partial charge is 0.251 e. The third-order valence-corrected chi connectivity index (χ3v) is 4.32. The van der Waals surface area contributed by atoms with E-state index in [1.165, 1.54) is 0 Å². The molecule has 0 fully saturated rings. The highest BCUT2D eigenvalue weighted by Crippen LogP contribution is 2.14. The summed E-state index contributed by atoms with van der Waals surface area (Å²) in [6, 6.07) is 13.9. The van der Waals surface area contributed by atoms with Crippen LogP contribution in [0.1, 0.15) is 36.5 Å². The number of nitrogens with one attached hydrogen (secondary N) is 4. The van der Waals surface area contributed by atoms with E-state index in [1.807, 2.05) is 6.92 Å². The van der Waals surface area contributed by atoms with Crippen molar-refractivity contribution in [2.75, 3.05) is 42.8 Å². The van der Waals surface area contributed by atoms with Gasteiger partial charge in [0.05, 0.1) is 6.54 Å². The first-order chi connectivity index (χ1) is 15.0. The van der Waals surface area contributed by atoms with Gasteiger partial charge in [0.2, 0.25) is 11.8 Å². The Hall–Kier alpha value is -3.39. The second-order valence-electron chi connectivity index (χ2n) is 6.96. The SMILES string of the molecule is CCCC(=O)Nc1ccc(NC(=O)CNc2cccc(C(=O)NCCCOC)c2)cc1. The predicted molar refractivity (Wildman–Crippen MR) is 122 cm³/mol. The summed E-state index contributed by atoms with van der Waals surface area (Å²) < 4.78 is 4.96. The minimum absolute atomic E-state index is 0.0330. The average Bonchev–Trinajstić information content (AvgIpc) is 2.77. The standard InChI is InChI=1S/C23H30N4O4/c1-3-6-21(28)26-18-9-11-19(12-10-18)27-22(29)16-25-20-8-4-7-17(15-20)23(30)24-13-5-14-31-2/h4,7-12,15,25H,3,5-6,13-14,16H2,1-2H3,(H,24,30)(H,26,28)(H,27,29). The Morgan fingerprint density at radius 3 is 2.23 bits per heavy atom. The molecule has 0 aliphatic heterocycles. The third kappa shape index (κ3) is 8.88. The van der Waals surface area contributed by atoms with Crippen LogP contribution in [0.25, 0.3) is 0 Å². The minimum atomic E-state index is -0.225. The number of hydrogen-bond donors (Lipinski definition) is 4. The van der Waals surface area contributed by atoms with Crippen LogP contribution in [0.2, 0.25) is 0 Å². The van der Waals surface area contributed by atoms with Crippen LogP contribution in [-0.4, -0.2) is 44.5 Å². The molecule has 0 saturated carbocycles. The fourth-order valence-corrected chi connectivity index (χ4v) is 2.77. The molecule has 8 heteroatoms. The molecule has 2 aromatic rings. The zero-order valence-corrected chi connectivity index (χ0v) is 18.0. The van der Waals surface area contributed by atoms with Crippen LogP contribution in [0.15, 0.2) is 48.5 Å². The fraction of sp³-hybridized carbons (Fsp3) is 0.348. The molecule has 0 spiro atoms. The number of ether oxygens (including phenoxy) is 1. The van der Waals surface area contributed by atoms with Crippen molar-refractivity contribution in [3.05, 3.63) is 54.1 Å². The van der Waals surface area contributed by atoms with Crippen LogP contribution >= 0.6 is 0 Å². The van der Waals surface area contributed by atoms with Crippen molar-refractivity contribution in [1.82, 2.24) is 5.32 Å². The van der Waals surface area contributed by atoms with Crippen molar-refractivity contribution in [2.24, 2.45) is 0 Å². The van der Waals surface area contributed by atoms with Crippen LogP contribution in [0, 0.1) is 0 Å². The number of methoxy groups -OCH3 is 1. The first-order valence-electron chi connectivity index (χ1n) is 10.3. The second kappa shape index (κ2) is 13.0. The number of hydrogen-bond acceptors (Lipinski definition) is 5. The zero-order valence-electron chi connectivity index (χ0n) is 18.0. The highest BCUT2D eigenvalue weighted by Gasteiger charge is 2.07. The van der Waals surface area contributed by atoms with Gasteiger partial charge in [0.15, 0.2) is 0 Å². The van der Waals surface area contributed by atoms with Gasteiger partial charge in [-0.15, -0.1) is 0 Å². The highest BCUT2D eigenvalue weighted by atomic mass is 16.5. The van der Waals surface area contributed by atoms with Crippen LogP contribution < -0.4 is 21.3 Å². The van der Waals surface area contributed by atoms with Crippen molar-refractivity contribution < 1.29 is 19.1 Å². The average molecular weight is 427 g/mol. The summed E-state index contributed by atoms with van der Waals surface area (Å²) in [5, 5.41) is 11.4. The number of carbonyl (C=O) groups excluding carboxylic acids is 3. The highest BCUT2D eigenvalue weighted by molar-refractivity contribution is 5.96. The first kappa shape index (κ1) is 23.9. The van der Waals surface area contributed by atoms with E-state index in [9.17, 15) is 14.4 Å². The summed E-state index contributed by atoms with van der Waals surface area (Å²) in [7, 11) is 1.62. The molecule has 0 aliphatic carbocycles. The molecule has 0 saturated heterocycles. The molecular weight excluding hydrogens is 396 g/mol. The van der Waals surface area contributed by atoms with Gasteiger partial charge in [0, 0.05) is 49.3 Å². The van der Waals surface area contributed by atoms with Gasteiger partial charge in [0.1, 0.15) is 0 Å². The van der Waals surface area contributed by atoms with E-state index in [2.05, 4.69) is 21.3 Å². The van der Waals surface area contributed by atoms with Crippen molar-refractivity contribution in [3.8, 4) is 0 Å². The van der Waals surface area contributed by atoms with Crippen LogP contribution in [0.3, 0.4) is 0 Å². The summed E-state index contributed by atoms with van der Waals surface area (Å²) in [6.45, 7) is 3.12. The van der Waals surface area contributed by atoms with E-state index in [1.54, 1.807) is 55.6 Å². The van der Waals surface area contributed by atoms with E-state index in [-0.39, 0.29) is 24.3 Å².